The Morgan fingerprint density at radius 3 is 2.53 bits per heavy atom. The Morgan fingerprint density at radius 2 is 1.83 bits per heavy atom. The standard InChI is InChI=1S/C23H20BrClN2O3/c1-29-21-12-18(11-20(24)23(21)30-15-17-5-3-2-4-6-17)14-26-27-22(28)13-16-7-9-19(25)10-8-16/h2-12,14H,13,15H2,1H3,(H,27,28)/b26-14-. The van der Waals surface area contributed by atoms with Gasteiger partial charge in [-0.2, -0.15) is 5.10 Å². The molecule has 7 heteroatoms. The van der Waals surface area contributed by atoms with Gasteiger partial charge in [0.25, 0.3) is 0 Å². The van der Waals surface area contributed by atoms with Gasteiger partial charge in [0, 0.05) is 5.02 Å². The lowest BCUT2D eigenvalue weighted by Crippen LogP contribution is -2.19. The molecule has 0 atom stereocenters. The van der Waals surface area contributed by atoms with E-state index in [1.165, 1.54) is 0 Å². The molecule has 154 valence electrons. The molecular formula is C23H20BrClN2O3. The van der Waals surface area contributed by atoms with Crippen LogP contribution in [-0.2, 0) is 17.8 Å². The number of halogens is 2. The number of ether oxygens (including phenoxy) is 2. The highest BCUT2D eigenvalue weighted by Crippen LogP contribution is 2.36. The summed E-state index contributed by atoms with van der Waals surface area (Å²) in [7, 11) is 1.58. The Morgan fingerprint density at radius 1 is 1.10 bits per heavy atom. The number of hydrogen-bond acceptors (Lipinski definition) is 4. The predicted molar refractivity (Wildman–Crippen MR) is 122 cm³/mol. The van der Waals surface area contributed by atoms with Crippen molar-refractivity contribution in [1.82, 2.24) is 5.43 Å². The second kappa shape index (κ2) is 10.8. The molecule has 1 amide bonds. The summed E-state index contributed by atoms with van der Waals surface area (Å²) >= 11 is 9.37. The van der Waals surface area contributed by atoms with Gasteiger partial charge in [-0.05, 0) is 56.9 Å². The molecule has 0 radical (unpaired) electrons. The first-order valence-electron chi connectivity index (χ1n) is 9.16. The second-order valence-corrected chi connectivity index (χ2v) is 7.70. The smallest absolute Gasteiger partial charge is 0.244 e. The van der Waals surface area contributed by atoms with E-state index in [0.29, 0.717) is 23.1 Å². The minimum Gasteiger partial charge on any atom is -0.493 e. The van der Waals surface area contributed by atoms with Crippen molar-refractivity contribution < 1.29 is 14.3 Å². The van der Waals surface area contributed by atoms with E-state index < -0.39 is 0 Å². The fourth-order valence-electron chi connectivity index (χ4n) is 2.69. The first-order chi connectivity index (χ1) is 14.5. The second-order valence-electron chi connectivity index (χ2n) is 6.40. The van der Waals surface area contributed by atoms with Crippen molar-refractivity contribution in [2.24, 2.45) is 5.10 Å². The summed E-state index contributed by atoms with van der Waals surface area (Å²) in [6.07, 6.45) is 1.77. The number of methoxy groups -OCH3 is 1. The van der Waals surface area contributed by atoms with Gasteiger partial charge in [0.2, 0.25) is 5.91 Å². The quantitative estimate of drug-likeness (QED) is 0.343. The molecule has 1 N–H and O–H groups in total. The van der Waals surface area contributed by atoms with E-state index in [-0.39, 0.29) is 12.3 Å². The van der Waals surface area contributed by atoms with Crippen molar-refractivity contribution in [2.75, 3.05) is 7.11 Å². The number of hydrazone groups is 1. The van der Waals surface area contributed by atoms with E-state index >= 15 is 0 Å². The summed E-state index contributed by atoms with van der Waals surface area (Å²) < 4.78 is 12.1. The molecule has 0 aliphatic carbocycles. The van der Waals surface area contributed by atoms with Crippen LogP contribution in [0.5, 0.6) is 11.5 Å². The van der Waals surface area contributed by atoms with Crippen LogP contribution in [0.3, 0.4) is 0 Å². The number of nitrogens with zero attached hydrogens (tertiary/aromatic N) is 1. The van der Waals surface area contributed by atoms with Crippen LogP contribution in [0.4, 0.5) is 0 Å². The maximum absolute atomic E-state index is 12.0. The zero-order valence-corrected chi connectivity index (χ0v) is 18.6. The molecule has 0 aromatic heterocycles. The molecule has 0 spiro atoms. The molecule has 30 heavy (non-hydrogen) atoms. The summed E-state index contributed by atoms with van der Waals surface area (Å²) in [4.78, 5) is 12.0. The third-order valence-electron chi connectivity index (χ3n) is 4.16. The van der Waals surface area contributed by atoms with Gasteiger partial charge in [-0.3, -0.25) is 4.79 Å². The Hall–Kier alpha value is -2.83. The van der Waals surface area contributed by atoms with Crippen molar-refractivity contribution in [3.63, 3.8) is 0 Å². The largest absolute Gasteiger partial charge is 0.493 e. The lowest BCUT2D eigenvalue weighted by atomic mass is 10.1. The summed E-state index contributed by atoms with van der Waals surface area (Å²) in [5, 5.41) is 4.66. The lowest BCUT2D eigenvalue weighted by Gasteiger charge is -2.13. The number of amides is 1. The van der Waals surface area contributed by atoms with Crippen LogP contribution in [-0.4, -0.2) is 19.2 Å². The minimum absolute atomic E-state index is 0.216. The van der Waals surface area contributed by atoms with Crippen LogP contribution in [0.25, 0.3) is 0 Å². The van der Waals surface area contributed by atoms with Crippen LogP contribution in [0.1, 0.15) is 16.7 Å². The SMILES string of the molecule is COc1cc(/C=N\NC(=O)Cc2ccc(Cl)cc2)cc(Br)c1OCc1ccccc1. The molecule has 0 heterocycles. The molecule has 5 nitrogen and oxygen atoms in total. The van der Waals surface area contributed by atoms with Gasteiger partial charge in [-0.1, -0.05) is 54.1 Å². The molecule has 0 aliphatic rings. The highest BCUT2D eigenvalue weighted by atomic mass is 79.9. The van der Waals surface area contributed by atoms with Gasteiger partial charge in [0.1, 0.15) is 6.61 Å². The van der Waals surface area contributed by atoms with Crippen molar-refractivity contribution in [1.29, 1.82) is 0 Å². The normalized spacial score (nSPS) is 10.8. The first kappa shape index (κ1) is 21.9. The number of rotatable bonds is 8. The zero-order valence-electron chi connectivity index (χ0n) is 16.3. The Balaban J connectivity index is 1.62. The molecule has 3 aromatic carbocycles. The molecule has 0 aliphatic heterocycles. The van der Waals surface area contributed by atoms with Crippen molar-refractivity contribution in [3.05, 3.63) is 92.9 Å². The van der Waals surface area contributed by atoms with Crippen LogP contribution in [0.15, 0.2) is 76.3 Å². The van der Waals surface area contributed by atoms with Gasteiger partial charge in [-0.25, -0.2) is 5.43 Å². The Kier molecular flexibility index (Phi) is 7.88. The average Bonchev–Trinajstić information content (AvgIpc) is 2.75. The maximum atomic E-state index is 12.0. The van der Waals surface area contributed by atoms with Crippen molar-refractivity contribution in [2.45, 2.75) is 13.0 Å². The lowest BCUT2D eigenvalue weighted by molar-refractivity contribution is -0.120. The van der Waals surface area contributed by atoms with Gasteiger partial charge < -0.3 is 9.47 Å². The third kappa shape index (κ3) is 6.34. The molecule has 0 bridgehead atoms. The molecule has 0 fully saturated rings. The van der Waals surface area contributed by atoms with E-state index in [0.717, 1.165) is 21.2 Å². The Bertz CT molecular complexity index is 1020. The molecule has 3 aromatic rings. The number of benzene rings is 3. The summed E-state index contributed by atoms with van der Waals surface area (Å²) in [6, 6.07) is 20.6. The summed E-state index contributed by atoms with van der Waals surface area (Å²) in [6.45, 7) is 0.421. The fraction of sp³-hybridized carbons (Fsp3) is 0.130. The highest BCUT2D eigenvalue weighted by molar-refractivity contribution is 9.10. The molecular weight excluding hydrogens is 468 g/mol. The van der Waals surface area contributed by atoms with E-state index in [4.69, 9.17) is 21.1 Å². The van der Waals surface area contributed by atoms with Gasteiger partial charge in [-0.15, -0.1) is 0 Å². The van der Waals surface area contributed by atoms with Crippen LogP contribution in [0.2, 0.25) is 5.02 Å². The highest BCUT2D eigenvalue weighted by Gasteiger charge is 2.11. The number of carbonyl (C=O) groups is 1. The van der Waals surface area contributed by atoms with E-state index in [1.54, 1.807) is 31.5 Å². The number of nitrogens with one attached hydrogen (secondary N) is 1. The van der Waals surface area contributed by atoms with E-state index in [2.05, 4.69) is 26.5 Å². The minimum atomic E-state index is -0.220. The molecule has 0 saturated heterocycles. The summed E-state index contributed by atoms with van der Waals surface area (Å²) in [5.74, 6) is 0.946. The first-order valence-corrected chi connectivity index (χ1v) is 10.3. The molecule has 0 unspecified atom stereocenters. The third-order valence-corrected chi connectivity index (χ3v) is 5.00. The monoisotopic (exact) mass is 486 g/mol. The predicted octanol–water partition coefficient (Wildman–Crippen LogP) is 5.38. The van der Waals surface area contributed by atoms with Gasteiger partial charge in [0.15, 0.2) is 11.5 Å². The van der Waals surface area contributed by atoms with Crippen LogP contribution >= 0.6 is 27.5 Å². The fourth-order valence-corrected chi connectivity index (χ4v) is 3.39. The van der Waals surface area contributed by atoms with Crippen molar-refractivity contribution >= 4 is 39.7 Å². The van der Waals surface area contributed by atoms with Crippen LogP contribution < -0.4 is 14.9 Å². The van der Waals surface area contributed by atoms with E-state index in [1.807, 2.05) is 48.5 Å². The maximum Gasteiger partial charge on any atom is 0.244 e. The zero-order chi connectivity index (χ0) is 21.3. The van der Waals surface area contributed by atoms with Gasteiger partial charge in [0.05, 0.1) is 24.2 Å². The number of carbonyl (C=O) groups excluding carboxylic acids is 1. The topological polar surface area (TPSA) is 59.9 Å². The summed E-state index contributed by atoms with van der Waals surface area (Å²) in [5.41, 5.74) is 5.18. The molecule has 3 rings (SSSR count). The van der Waals surface area contributed by atoms with Gasteiger partial charge >= 0.3 is 0 Å². The van der Waals surface area contributed by atoms with Crippen LogP contribution in [0, 0.1) is 0 Å². The molecule has 0 saturated carbocycles. The van der Waals surface area contributed by atoms with Crippen molar-refractivity contribution in [3.8, 4) is 11.5 Å². The average molecular weight is 488 g/mol. The Labute approximate surface area is 188 Å². The van der Waals surface area contributed by atoms with E-state index in [9.17, 15) is 4.79 Å². The number of hydrogen-bond donors (Lipinski definition) is 1.